The first-order chi connectivity index (χ1) is 5.91. The molecular weight excluding hydrogens is 158 g/mol. The summed E-state index contributed by atoms with van der Waals surface area (Å²) in [5.41, 5.74) is 5.22. The predicted molar refractivity (Wildman–Crippen MR) is 46.8 cm³/mol. The lowest BCUT2D eigenvalue weighted by Gasteiger charge is -2.02. The molecule has 0 heterocycles. The zero-order valence-electron chi connectivity index (χ0n) is 7.49. The van der Waals surface area contributed by atoms with Gasteiger partial charge in [0, 0.05) is 13.7 Å². The predicted octanol–water partition coefficient (Wildman–Crippen LogP) is 0.138. The summed E-state index contributed by atoms with van der Waals surface area (Å²) < 4.78 is 14.9. The van der Waals surface area contributed by atoms with Crippen molar-refractivity contribution >= 4 is 0 Å². The van der Waals surface area contributed by atoms with Crippen molar-refractivity contribution in [2.75, 3.05) is 40.3 Å². The molecule has 2 N–H and O–H groups in total. The van der Waals surface area contributed by atoms with Crippen LogP contribution in [0.3, 0.4) is 0 Å². The van der Waals surface area contributed by atoms with Crippen LogP contribution in [-0.4, -0.2) is 40.3 Å². The van der Waals surface area contributed by atoms with Gasteiger partial charge in [-0.1, -0.05) is 12.2 Å². The first-order valence-electron chi connectivity index (χ1n) is 3.91. The molecule has 4 heteroatoms. The van der Waals surface area contributed by atoms with Gasteiger partial charge in [0.2, 0.25) is 0 Å². The van der Waals surface area contributed by atoms with Crippen LogP contribution in [0, 0.1) is 0 Å². The maximum atomic E-state index is 5.22. The molecular formula is C8H17NO3. The minimum Gasteiger partial charge on any atom is -0.382 e. The summed E-state index contributed by atoms with van der Waals surface area (Å²) in [5, 5.41) is 0. The average molecular weight is 175 g/mol. The molecule has 0 saturated heterocycles. The Morgan fingerprint density at radius 3 is 2.67 bits per heavy atom. The standard InChI is InChI=1S/C8H17NO3/c1-10-6-7-12-8-11-5-3-2-4-9/h2-3H,4-9H2,1H3/b3-2+. The Labute approximate surface area is 73.3 Å². The molecule has 0 saturated carbocycles. The topological polar surface area (TPSA) is 53.7 Å². The largest absolute Gasteiger partial charge is 0.382 e. The van der Waals surface area contributed by atoms with Gasteiger partial charge in [-0.05, 0) is 0 Å². The molecule has 0 unspecified atom stereocenters. The van der Waals surface area contributed by atoms with E-state index in [1.807, 2.05) is 12.2 Å². The van der Waals surface area contributed by atoms with Gasteiger partial charge < -0.3 is 19.9 Å². The molecule has 0 aromatic rings. The Balaban J connectivity index is 2.86. The molecule has 0 atom stereocenters. The fourth-order valence-corrected chi connectivity index (χ4v) is 0.541. The quantitative estimate of drug-likeness (QED) is 0.324. The molecule has 0 rings (SSSR count). The SMILES string of the molecule is COCCOCOC/C=C/CN. The first-order valence-corrected chi connectivity index (χ1v) is 3.91. The first kappa shape index (κ1) is 11.6. The zero-order valence-corrected chi connectivity index (χ0v) is 7.49. The third-order valence-electron chi connectivity index (χ3n) is 1.12. The second-order valence-corrected chi connectivity index (χ2v) is 2.10. The molecule has 0 bridgehead atoms. The smallest absolute Gasteiger partial charge is 0.147 e. The van der Waals surface area contributed by atoms with Crippen LogP contribution < -0.4 is 5.73 Å². The highest BCUT2D eigenvalue weighted by Crippen LogP contribution is 1.80. The summed E-state index contributed by atoms with van der Waals surface area (Å²) in [6.07, 6.45) is 3.70. The van der Waals surface area contributed by atoms with Crippen LogP contribution in [0.1, 0.15) is 0 Å². The lowest BCUT2D eigenvalue weighted by Crippen LogP contribution is -2.05. The molecule has 0 aromatic carbocycles. The zero-order chi connectivity index (χ0) is 9.07. The van der Waals surface area contributed by atoms with Crippen molar-refractivity contribution in [3.8, 4) is 0 Å². The number of ether oxygens (including phenoxy) is 3. The van der Waals surface area contributed by atoms with Crippen LogP contribution in [0.2, 0.25) is 0 Å². The number of methoxy groups -OCH3 is 1. The van der Waals surface area contributed by atoms with Gasteiger partial charge in [0.1, 0.15) is 6.79 Å². The van der Waals surface area contributed by atoms with Gasteiger partial charge in [0.25, 0.3) is 0 Å². The summed E-state index contributed by atoms with van der Waals surface area (Å²) in [4.78, 5) is 0. The molecule has 0 aromatic heterocycles. The summed E-state index contributed by atoms with van der Waals surface area (Å²) in [6, 6.07) is 0. The van der Waals surface area contributed by atoms with E-state index in [0.29, 0.717) is 33.2 Å². The maximum absolute atomic E-state index is 5.22. The van der Waals surface area contributed by atoms with Gasteiger partial charge in [-0.15, -0.1) is 0 Å². The highest BCUT2D eigenvalue weighted by molar-refractivity contribution is 4.81. The van der Waals surface area contributed by atoms with E-state index in [4.69, 9.17) is 19.9 Å². The van der Waals surface area contributed by atoms with Gasteiger partial charge in [-0.2, -0.15) is 0 Å². The van der Waals surface area contributed by atoms with E-state index in [1.54, 1.807) is 7.11 Å². The van der Waals surface area contributed by atoms with E-state index >= 15 is 0 Å². The van der Waals surface area contributed by atoms with Crippen LogP contribution in [0.4, 0.5) is 0 Å². The highest BCUT2D eigenvalue weighted by atomic mass is 16.7. The van der Waals surface area contributed by atoms with Gasteiger partial charge in [-0.25, -0.2) is 0 Å². The molecule has 0 aliphatic carbocycles. The van der Waals surface area contributed by atoms with Gasteiger partial charge in [0.05, 0.1) is 19.8 Å². The third-order valence-corrected chi connectivity index (χ3v) is 1.12. The van der Waals surface area contributed by atoms with Crippen molar-refractivity contribution in [3.05, 3.63) is 12.2 Å². The Morgan fingerprint density at radius 2 is 2.00 bits per heavy atom. The summed E-state index contributed by atoms with van der Waals surface area (Å²) >= 11 is 0. The van der Waals surface area contributed by atoms with Crippen LogP contribution in [0.5, 0.6) is 0 Å². The fraction of sp³-hybridized carbons (Fsp3) is 0.750. The second kappa shape index (κ2) is 10.6. The average Bonchev–Trinajstić information content (AvgIpc) is 2.10. The van der Waals surface area contributed by atoms with Crippen LogP contribution >= 0.6 is 0 Å². The van der Waals surface area contributed by atoms with E-state index in [0.717, 1.165) is 0 Å². The number of rotatable bonds is 8. The van der Waals surface area contributed by atoms with E-state index in [-0.39, 0.29) is 0 Å². The molecule has 0 spiro atoms. The van der Waals surface area contributed by atoms with Gasteiger partial charge >= 0.3 is 0 Å². The molecule has 0 amide bonds. The molecule has 12 heavy (non-hydrogen) atoms. The number of nitrogens with two attached hydrogens (primary N) is 1. The van der Waals surface area contributed by atoms with Gasteiger partial charge in [0.15, 0.2) is 0 Å². The number of hydrogen-bond donors (Lipinski definition) is 1. The van der Waals surface area contributed by atoms with Crippen LogP contribution in [0.15, 0.2) is 12.2 Å². The Hall–Kier alpha value is -0.420. The van der Waals surface area contributed by atoms with Crippen LogP contribution in [-0.2, 0) is 14.2 Å². The van der Waals surface area contributed by atoms with E-state index < -0.39 is 0 Å². The second-order valence-electron chi connectivity index (χ2n) is 2.10. The van der Waals surface area contributed by atoms with Crippen molar-refractivity contribution in [1.82, 2.24) is 0 Å². The molecule has 0 aliphatic rings. The Kier molecular flexibility index (Phi) is 10.2. The van der Waals surface area contributed by atoms with Crippen molar-refractivity contribution in [2.45, 2.75) is 0 Å². The van der Waals surface area contributed by atoms with E-state index in [2.05, 4.69) is 0 Å². The minimum absolute atomic E-state index is 0.304. The molecule has 4 nitrogen and oxygen atoms in total. The van der Waals surface area contributed by atoms with Gasteiger partial charge in [-0.3, -0.25) is 0 Å². The van der Waals surface area contributed by atoms with Crippen molar-refractivity contribution in [2.24, 2.45) is 5.73 Å². The molecule has 0 radical (unpaired) electrons. The summed E-state index contributed by atoms with van der Waals surface area (Å²) in [7, 11) is 1.63. The Morgan fingerprint density at radius 1 is 1.17 bits per heavy atom. The lowest BCUT2D eigenvalue weighted by atomic mass is 10.5. The fourth-order valence-electron chi connectivity index (χ4n) is 0.541. The van der Waals surface area contributed by atoms with Crippen LogP contribution in [0.25, 0.3) is 0 Å². The normalized spacial score (nSPS) is 11.2. The third kappa shape index (κ3) is 9.58. The van der Waals surface area contributed by atoms with Crippen molar-refractivity contribution < 1.29 is 14.2 Å². The molecule has 0 aliphatic heterocycles. The molecule has 0 fully saturated rings. The lowest BCUT2D eigenvalue weighted by molar-refractivity contribution is -0.0571. The summed E-state index contributed by atoms with van der Waals surface area (Å²) in [6.45, 7) is 2.56. The number of hydrogen-bond acceptors (Lipinski definition) is 4. The van der Waals surface area contributed by atoms with Crippen molar-refractivity contribution in [1.29, 1.82) is 0 Å². The Bertz CT molecular complexity index is 106. The maximum Gasteiger partial charge on any atom is 0.147 e. The molecule has 72 valence electrons. The van der Waals surface area contributed by atoms with E-state index in [1.165, 1.54) is 0 Å². The minimum atomic E-state index is 0.304. The highest BCUT2D eigenvalue weighted by Gasteiger charge is 1.85. The van der Waals surface area contributed by atoms with E-state index in [9.17, 15) is 0 Å². The monoisotopic (exact) mass is 175 g/mol. The van der Waals surface area contributed by atoms with Crippen molar-refractivity contribution in [3.63, 3.8) is 0 Å². The summed E-state index contributed by atoms with van der Waals surface area (Å²) in [5.74, 6) is 0.